The van der Waals surface area contributed by atoms with E-state index in [0.717, 1.165) is 4.90 Å². The zero-order valence-electron chi connectivity index (χ0n) is 13.1. The van der Waals surface area contributed by atoms with Gasteiger partial charge in [0.1, 0.15) is 16.5 Å². The highest BCUT2D eigenvalue weighted by atomic mass is 35.5. The fourth-order valence-electron chi connectivity index (χ4n) is 2.39. The van der Waals surface area contributed by atoms with Gasteiger partial charge < -0.3 is 10.1 Å². The first-order valence-electron chi connectivity index (χ1n) is 7.17. The van der Waals surface area contributed by atoms with Crippen molar-refractivity contribution >= 4 is 69.6 Å². The summed E-state index contributed by atoms with van der Waals surface area (Å²) in [4.78, 5) is 26.2. The molecule has 2 aromatic rings. The lowest BCUT2D eigenvalue weighted by Crippen LogP contribution is -2.32. The molecule has 0 fully saturated rings. The molecular weight excluding hydrogens is 422 g/mol. The van der Waals surface area contributed by atoms with Crippen LogP contribution >= 0.6 is 46.4 Å². The van der Waals surface area contributed by atoms with Crippen LogP contribution in [0.15, 0.2) is 47.1 Å². The first-order valence-corrected chi connectivity index (χ1v) is 8.69. The highest BCUT2D eigenvalue weighted by molar-refractivity contribution is 6.53. The van der Waals surface area contributed by atoms with Gasteiger partial charge in [0.15, 0.2) is 0 Å². The minimum atomic E-state index is -0.695. The van der Waals surface area contributed by atoms with E-state index < -0.39 is 11.8 Å². The van der Waals surface area contributed by atoms with Gasteiger partial charge in [-0.3, -0.25) is 9.59 Å². The van der Waals surface area contributed by atoms with E-state index in [-0.39, 0.29) is 16.4 Å². The SMILES string of the molecule is COc1ccc(Cl)cc1N1C(=O)C(Cl)=C(Nc2ccc(Cl)c(Cl)c2)C1=O. The third-order valence-electron chi connectivity index (χ3n) is 3.60. The number of nitrogens with zero attached hydrogens (tertiary/aromatic N) is 1. The molecule has 0 atom stereocenters. The van der Waals surface area contributed by atoms with Gasteiger partial charge >= 0.3 is 0 Å². The number of imide groups is 1. The van der Waals surface area contributed by atoms with E-state index in [1.165, 1.54) is 19.2 Å². The van der Waals surface area contributed by atoms with Crippen LogP contribution in [0.2, 0.25) is 15.1 Å². The summed E-state index contributed by atoms with van der Waals surface area (Å²) in [6, 6.07) is 9.25. The van der Waals surface area contributed by atoms with Gasteiger partial charge in [0, 0.05) is 10.7 Å². The average molecular weight is 432 g/mol. The highest BCUT2D eigenvalue weighted by Gasteiger charge is 2.40. The van der Waals surface area contributed by atoms with Crippen molar-refractivity contribution in [1.82, 2.24) is 0 Å². The first kappa shape index (κ1) is 18.9. The fourth-order valence-corrected chi connectivity index (χ4v) is 3.06. The molecule has 0 bridgehead atoms. The van der Waals surface area contributed by atoms with Crippen molar-refractivity contribution in [2.24, 2.45) is 0 Å². The third kappa shape index (κ3) is 3.35. The first-order chi connectivity index (χ1) is 12.3. The van der Waals surface area contributed by atoms with Crippen LogP contribution in [0.1, 0.15) is 0 Å². The molecule has 26 heavy (non-hydrogen) atoms. The monoisotopic (exact) mass is 430 g/mol. The summed E-state index contributed by atoms with van der Waals surface area (Å²) in [7, 11) is 1.42. The molecule has 2 aromatic carbocycles. The van der Waals surface area contributed by atoms with Crippen LogP contribution in [0.3, 0.4) is 0 Å². The molecule has 0 radical (unpaired) electrons. The Labute approximate surface area is 169 Å². The van der Waals surface area contributed by atoms with E-state index in [2.05, 4.69) is 5.32 Å². The Hall–Kier alpha value is -1.92. The van der Waals surface area contributed by atoms with Crippen molar-refractivity contribution in [3.05, 3.63) is 62.2 Å². The van der Waals surface area contributed by atoms with Gasteiger partial charge in [-0.2, -0.15) is 0 Å². The van der Waals surface area contributed by atoms with E-state index in [4.69, 9.17) is 51.1 Å². The van der Waals surface area contributed by atoms with Crippen LogP contribution in [0.25, 0.3) is 0 Å². The Morgan fingerprint density at radius 3 is 2.31 bits per heavy atom. The van der Waals surface area contributed by atoms with Gasteiger partial charge in [-0.1, -0.05) is 46.4 Å². The number of nitrogens with one attached hydrogen (secondary N) is 1. The number of hydrogen-bond acceptors (Lipinski definition) is 4. The summed E-state index contributed by atoms with van der Waals surface area (Å²) in [5.74, 6) is -1.04. The van der Waals surface area contributed by atoms with Crippen molar-refractivity contribution in [3.8, 4) is 5.75 Å². The van der Waals surface area contributed by atoms with E-state index in [0.29, 0.717) is 26.5 Å². The van der Waals surface area contributed by atoms with Gasteiger partial charge in [-0.05, 0) is 36.4 Å². The van der Waals surface area contributed by atoms with Crippen molar-refractivity contribution < 1.29 is 14.3 Å². The molecule has 2 amide bonds. The van der Waals surface area contributed by atoms with Gasteiger partial charge in [0.25, 0.3) is 11.8 Å². The van der Waals surface area contributed by atoms with Crippen LogP contribution in [0.4, 0.5) is 11.4 Å². The maximum atomic E-state index is 12.8. The predicted octanol–water partition coefficient (Wildman–Crippen LogP) is 5.09. The molecule has 5 nitrogen and oxygen atoms in total. The smallest absolute Gasteiger partial charge is 0.283 e. The third-order valence-corrected chi connectivity index (χ3v) is 4.92. The zero-order valence-corrected chi connectivity index (χ0v) is 16.2. The average Bonchev–Trinajstić information content (AvgIpc) is 2.81. The second kappa shape index (κ2) is 7.37. The Morgan fingerprint density at radius 2 is 1.65 bits per heavy atom. The molecule has 0 saturated heterocycles. The summed E-state index contributed by atoms with van der Waals surface area (Å²) >= 11 is 23.9. The molecule has 134 valence electrons. The topological polar surface area (TPSA) is 58.6 Å². The molecule has 9 heteroatoms. The number of anilines is 2. The van der Waals surface area contributed by atoms with E-state index >= 15 is 0 Å². The molecule has 0 aromatic heterocycles. The van der Waals surface area contributed by atoms with E-state index in [1.807, 2.05) is 0 Å². The number of hydrogen-bond donors (Lipinski definition) is 1. The summed E-state index contributed by atoms with van der Waals surface area (Å²) in [6.45, 7) is 0. The second-order valence-electron chi connectivity index (χ2n) is 5.20. The minimum absolute atomic E-state index is 0.0860. The van der Waals surface area contributed by atoms with Crippen LogP contribution in [0.5, 0.6) is 5.75 Å². The molecule has 3 rings (SSSR count). The molecule has 0 saturated carbocycles. The van der Waals surface area contributed by atoms with E-state index in [1.54, 1.807) is 24.3 Å². The summed E-state index contributed by atoms with van der Waals surface area (Å²) in [5.41, 5.74) is 0.560. The Bertz CT molecular complexity index is 959. The number of amides is 2. The number of benzene rings is 2. The Balaban J connectivity index is 1.97. The normalized spacial score (nSPS) is 14.3. The second-order valence-corrected chi connectivity index (χ2v) is 6.83. The molecule has 1 aliphatic heterocycles. The maximum absolute atomic E-state index is 12.8. The van der Waals surface area contributed by atoms with Crippen LogP contribution in [0, 0.1) is 0 Å². The van der Waals surface area contributed by atoms with Crippen molar-refractivity contribution in [2.75, 3.05) is 17.3 Å². The van der Waals surface area contributed by atoms with Gasteiger partial charge in [-0.15, -0.1) is 0 Å². The molecule has 1 heterocycles. The highest BCUT2D eigenvalue weighted by Crippen LogP contribution is 2.37. The predicted molar refractivity (Wildman–Crippen MR) is 103 cm³/mol. The van der Waals surface area contributed by atoms with Gasteiger partial charge in [-0.25, -0.2) is 4.90 Å². The molecule has 1 aliphatic rings. The van der Waals surface area contributed by atoms with Crippen molar-refractivity contribution in [1.29, 1.82) is 0 Å². The fraction of sp³-hybridized carbons (Fsp3) is 0.0588. The number of halogens is 4. The van der Waals surface area contributed by atoms with Gasteiger partial charge in [0.05, 0.1) is 22.8 Å². The quantitative estimate of drug-likeness (QED) is 0.684. The van der Waals surface area contributed by atoms with Crippen molar-refractivity contribution in [2.45, 2.75) is 0 Å². The standard InChI is InChI=1S/C17H10Cl4N2O3/c1-26-13-5-2-8(18)6-12(13)23-16(24)14(21)15(17(23)25)22-9-3-4-10(19)11(20)7-9/h2-7,22H,1H3. The summed E-state index contributed by atoms with van der Waals surface area (Å²) in [6.07, 6.45) is 0. The Kier molecular flexibility index (Phi) is 5.34. The molecule has 0 unspecified atom stereocenters. The van der Waals surface area contributed by atoms with Crippen molar-refractivity contribution in [3.63, 3.8) is 0 Å². The summed E-state index contributed by atoms with van der Waals surface area (Å²) in [5, 5.41) is 3.53. The lowest BCUT2D eigenvalue weighted by atomic mass is 10.2. The molecule has 1 N–H and O–H groups in total. The molecular formula is C17H10Cl4N2O3. The number of methoxy groups -OCH3 is 1. The zero-order chi connectivity index (χ0) is 19.0. The number of carbonyl (C=O) groups excluding carboxylic acids is 2. The Morgan fingerprint density at radius 1 is 0.923 bits per heavy atom. The number of ether oxygens (including phenoxy) is 1. The minimum Gasteiger partial charge on any atom is -0.495 e. The van der Waals surface area contributed by atoms with Crippen LogP contribution in [-0.4, -0.2) is 18.9 Å². The largest absolute Gasteiger partial charge is 0.495 e. The molecule has 0 spiro atoms. The maximum Gasteiger partial charge on any atom is 0.283 e. The lowest BCUT2D eigenvalue weighted by Gasteiger charge is -2.18. The number of rotatable bonds is 4. The van der Waals surface area contributed by atoms with E-state index in [9.17, 15) is 9.59 Å². The summed E-state index contributed by atoms with van der Waals surface area (Å²) < 4.78 is 5.21. The number of carbonyl (C=O) groups is 2. The lowest BCUT2D eigenvalue weighted by molar-refractivity contribution is -0.120. The van der Waals surface area contributed by atoms with Crippen LogP contribution < -0.4 is 15.0 Å². The van der Waals surface area contributed by atoms with Gasteiger partial charge in [0.2, 0.25) is 0 Å². The van der Waals surface area contributed by atoms with Crippen LogP contribution in [-0.2, 0) is 9.59 Å². The molecule has 0 aliphatic carbocycles.